The van der Waals surface area contributed by atoms with Gasteiger partial charge in [0.05, 0.1) is 27.4 Å². The second kappa shape index (κ2) is 5.16. The molecule has 1 atom stereocenters. The van der Waals surface area contributed by atoms with E-state index in [1.54, 1.807) is 12.1 Å². The lowest BCUT2D eigenvalue weighted by atomic mass is 10.3. The van der Waals surface area contributed by atoms with Crippen molar-refractivity contribution in [1.82, 2.24) is 8.75 Å². The van der Waals surface area contributed by atoms with Gasteiger partial charge >= 0.3 is 0 Å². The van der Waals surface area contributed by atoms with Gasteiger partial charge in [-0.1, -0.05) is 23.8 Å². The number of nitrogens with zero attached hydrogens (tertiary/aromatic N) is 2. The molecule has 1 aromatic carbocycles. The van der Waals surface area contributed by atoms with Crippen LogP contribution in [0.4, 0.5) is 5.69 Å². The molecule has 0 radical (unpaired) electrons. The number of sulfonamides is 1. The first-order chi connectivity index (χ1) is 8.83. The Balaban J connectivity index is 2.49. The number of thiocarbonyl (C=S) groups is 1. The summed E-state index contributed by atoms with van der Waals surface area (Å²) in [4.78, 5) is -0.118. The smallest absolute Gasteiger partial charge is 0.242 e. The van der Waals surface area contributed by atoms with E-state index in [0.29, 0.717) is 11.0 Å². The van der Waals surface area contributed by atoms with Crippen LogP contribution in [0.2, 0.25) is 5.02 Å². The molecular formula is C9H9ClN4O2S3. The highest BCUT2D eigenvalue weighted by molar-refractivity contribution is 7.95. The van der Waals surface area contributed by atoms with E-state index >= 15 is 0 Å². The molecule has 0 aliphatic rings. The van der Waals surface area contributed by atoms with Crippen LogP contribution < -0.4 is 10.5 Å². The normalized spacial score (nSPS) is 13.4. The first-order valence-electron chi connectivity index (χ1n) is 5.04. The Kier molecular flexibility index (Phi) is 3.90. The van der Waals surface area contributed by atoms with E-state index in [4.69, 9.17) is 29.6 Å². The lowest BCUT2D eigenvalue weighted by Gasteiger charge is -2.14. The number of benzene rings is 1. The summed E-state index contributed by atoms with van der Waals surface area (Å²) in [7, 11) is -3.77. The average Bonchev–Trinajstić information content (AvgIpc) is 2.80. The average molecular weight is 337 g/mol. The molecule has 1 aromatic heterocycles. The highest BCUT2D eigenvalue weighted by atomic mass is 35.5. The van der Waals surface area contributed by atoms with Gasteiger partial charge in [0, 0.05) is 0 Å². The van der Waals surface area contributed by atoms with Gasteiger partial charge in [0.2, 0.25) is 10.0 Å². The highest BCUT2D eigenvalue weighted by Crippen LogP contribution is 2.31. The van der Waals surface area contributed by atoms with Gasteiger partial charge in [-0.3, -0.25) is 4.72 Å². The molecule has 0 aliphatic carbocycles. The van der Waals surface area contributed by atoms with Crippen molar-refractivity contribution in [3.05, 3.63) is 17.2 Å². The fourth-order valence-electron chi connectivity index (χ4n) is 1.31. The zero-order valence-electron chi connectivity index (χ0n) is 9.62. The van der Waals surface area contributed by atoms with Crippen molar-refractivity contribution in [1.29, 1.82) is 0 Å². The molecule has 0 amide bonds. The lowest BCUT2D eigenvalue weighted by molar-refractivity contribution is 0.598. The van der Waals surface area contributed by atoms with Crippen LogP contribution in [0.3, 0.4) is 0 Å². The lowest BCUT2D eigenvalue weighted by Crippen LogP contribution is -2.35. The van der Waals surface area contributed by atoms with Gasteiger partial charge in [-0.15, -0.1) is 0 Å². The van der Waals surface area contributed by atoms with Gasteiger partial charge in [0.1, 0.15) is 16.3 Å². The van der Waals surface area contributed by atoms with Crippen molar-refractivity contribution >= 4 is 67.3 Å². The summed E-state index contributed by atoms with van der Waals surface area (Å²) in [6.07, 6.45) is 0. The Morgan fingerprint density at radius 2 is 2.21 bits per heavy atom. The van der Waals surface area contributed by atoms with Crippen LogP contribution >= 0.6 is 35.5 Å². The number of anilines is 1. The summed E-state index contributed by atoms with van der Waals surface area (Å²) in [6, 6.07) is 3.21. The molecule has 2 rings (SSSR count). The van der Waals surface area contributed by atoms with Gasteiger partial charge < -0.3 is 5.73 Å². The van der Waals surface area contributed by atoms with E-state index in [-0.39, 0.29) is 15.7 Å². The van der Waals surface area contributed by atoms with E-state index in [9.17, 15) is 8.42 Å². The molecule has 0 saturated carbocycles. The number of hydrogen-bond acceptors (Lipinski definition) is 6. The third-order valence-corrected chi connectivity index (χ3v) is 5.52. The topological polar surface area (TPSA) is 98.0 Å². The fourth-order valence-corrected chi connectivity index (χ4v) is 3.46. The van der Waals surface area contributed by atoms with Gasteiger partial charge in [-0.05, 0) is 19.1 Å². The molecule has 102 valence electrons. The number of nitrogens with one attached hydrogen (secondary N) is 1. The number of aromatic nitrogens is 2. The Labute approximate surface area is 124 Å². The quantitative estimate of drug-likeness (QED) is 0.825. The molecule has 19 heavy (non-hydrogen) atoms. The van der Waals surface area contributed by atoms with Crippen LogP contribution in [0.5, 0.6) is 0 Å². The predicted molar refractivity (Wildman–Crippen MR) is 81.2 cm³/mol. The Bertz CT molecular complexity index is 743. The Morgan fingerprint density at radius 1 is 1.53 bits per heavy atom. The van der Waals surface area contributed by atoms with Crippen LogP contribution in [-0.2, 0) is 10.0 Å². The number of fused-ring (bicyclic) bond motifs is 1. The fraction of sp³-hybridized carbons (Fsp3) is 0.222. The van der Waals surface area contributed by atoms with Crippen molar-refractivity contribution in [3.8, 4) is 0 Å². The molecule has 10 heteroatoms. The standard InChI is InChI=1S/C9H9ClN4O2S3/c1-4(9(11)17)19(15,16)14-7-5(10)2-3-6-8(7)13-18-12-6/h2-4,14H,1H3,(H2,11,17). The molecular weight excluding hydrogens is 328 g/mol. The van der Waals surface area contributed by atoms with Gasteiger partial charge in [-0.25, -0.2) is 8.42 Å². The Morgan fingerprint density at radius 3 is 2.84 bits per heavy atom. The summed E-state index contributed by atoms with van der Waals surface area (Å²) in [5.74, 6) is 0. The molecule has 3 N–H and O–H groups in total. The van der Waals surface area contributed by atoms with Crippen LogP contribution in [0.15, 0.2) is 12.1 Å². The van der Waals surface area contributed by atoms with Crippen LogP contribution in [-0.4, -0.2) is 27.4 Å². The molecule has 0 saturated heterocycles. The van der Waals surface area contributed by atoms with Gasteiger partial charge in [0.25, 0.3) is 0 Å². The third kappa shape index (κ3) is 2.78. The zero-order valence-corrected chi connectivity index (χ0v) is 12.8. The molecule has 1 heterocycles. The van der Waals surface area contributed by atoms with Crippen molar-refractivity contribution < 1.29 is 8.42 Å². The highest BCUT2D eigenvalue weighted by Gasteiger charge is 2.25. The number of hydrogen-bond donors (Lipinski definition) is 2. The number of halogens is 1. The summed E-state index contributed by atoms with van der Waals surface area (Å²) >= 11 is 11.7. The van der Waals surface area contributed by atoms with E-state index in [2.05, 4.69) is 13.5 Å². The Hall–Kier alpha value is -1.03. The SMILES string of the molecule is CC(C(N)=S)S(=O)(=O)Nc1c(Cl)ccc2nsnc12. The van der Waals surface area contributed by atoms with E-state index in [1.165, 1.54) is 6.92 Å². The summed E-state index contributed by atoms with van der Waals surface area (Å²) in [5, 5.41) is -0.778. The third-order valence-electron chi connectivity index (χ3n) is 2.49. The van der Waals surface area contributed by atoms with Crippen molar-refractivity contribution in [2.24, 2.45) is 5.73 Å². The predicted octanol–water partition coefficient (Wildman–Crippen LogP) is 1.76. The van der Waals surface area contributed by atoms with E-state index < -0.39 is 15.3 Å². The summed E-state index contributed by atoms with van der Waals surface area (Å²) in [6.45, 7) is 1.40. The second-order valence-electron chi connectivity index (χ2n) is 3.75. The largest absolute Gasteiger partial charge is 0.392 e. The van der Waals surface area contributed by atoms with E-state index in [0.717, 1.165) is 11.7 Å². The first kappa shape index (κ1) is 14.4. The monoisotopic (exact) mass is 336 g/mol. The maximum atomic E-state index is 12.1. The summed E-state index contributed by atoms with van der Waals surface area (Å²) < 4.78 is 34.6. The minimum Gasteiger partial charge on any atom is -0.392 e. The van der Waals surface area contributed by atoms with E-state index in [1.807, 2.05) is 0 Å². The maximum absolute atomic E-state index is 12.1. The minimum absolute atomic E-state index is 0.118. The van der Waals surface area contributed by atoms with Crippen LogP contribution in [0.25, 0.3) is 11.0 Å². The van der Waals surface area contributed by atoms with Crippen molar-refractivity contribution in [2.45, 2.75) is 12.2 Å². The number of nitrogens with two attached hydrogens (primary N) is 1. The molecule has 6 nitrogen and oxygen atoms in total. The van der Waals surface area contributed by atoms with Crippen molar-refractivity contribution in [3.63, 3.8) is 0 Å². The van der Waals surface area contributed by atoms with Gasteiger partial charge in [0.15, 0.2) is 0 Å². The molecule has 0 bridgehead atoms. The van der Waals surface area contributed by atoms with Crippen LogP contribution in [0, 0.1) is 0 Å². The molecule has 0 aliphatic heterocycles. The number of rotatable bonds is 4. The van der Waals surface area contributed by atoms with Crippen molar-refractivity contribution in [2.75, 3.05) is 4.72 Å². The van der Waals surface area contributed by atoms with Gasteiger partial charge in [-0.2, -0.15) is 8.75 Å². The molecule has 1 unspecified atom stereocenters. The zero-order chi connectivity index (χ0) is 14.2. The second-order valence-corrected chi connectivity index (χ2v) is 7.15. The summed E-state index contributed by atoms with van der Waals surface area (Å²) in [5.41, 5.74) is 6.51. The maximum Gasteiger partial charge on any atom is 0.242 e. The first-order valence-corrected chi connectivity index (χ1v) is 8.11. The molecule has 0 spiro atoms. The van der Waals surface area contributed by atoms with Crippen LogP contribution in [0.1, 0.15) is 6.92 Å². The molecule has 2 aromatic rings. The molecule has 0 fully saturated rings. The minimum atomic E-state index is -3.77.